The molecule has 0 aromatic heterocycles. The molecule has 2 aromatic carbocycles. The van der Waals surface area contributed by atoms with Crippen LogP contribution in [-0.4, -0.2) is 17.1 Å². The van der Waals surface area contributed by atoms with Gasteiger partial charge < -0.3 is 10.0 Å². The lowest BCUT2D eigenvalue weighted by Crippen LogP contribution is -2.45. The molecule has 1 aliphatic heterocycles. The van der Waals surface area contributed by atoms with E-state index in [1.54, 1.807) is 0 Å². The summed E-state index contributed by atoms with van der Waals surface area (Å²) in [6.45, 7) is 8.62. The number of benzene rings is 2. The van der Waals surface area contributed by atoms with E-state index >= 15 is 0 Å². The Morgan fingerprint density at radius 2 is 1.56 bits per heavy atom. The average Bonchev–Trinajstić information content (AvgIpc) is 2.67. The first-order valence-corrected chi connectivity index (χ1v) is 9.77. The molecule has 0 radical (unpaired) electrons. The molecule has 2 aromatic rings. The van der Waals surface area contributed by atoms with Crippen LogP contribution in [0.25, 0.3) is 0 Å². The van der Waals surface area contributed by atoms with Crippen LogP contribution in [0.3, 0.4) is 0 Å². The average molecular weight is 364 g/mol. The van der Waals surface area contributed by atoms with Crippen LogP contribution in [0.5, 0.6) is 0 Å². The minimum absolute atomic E-state index is 0.0775. The number of nitrogens with zero attached hydrogens (tertiary/aromatic N) is 1. The second-order valence-corrected chi connectivity index (χ2v) is 7.91. The third-order valence-corrected chi connectivity index (χ3v) is 5.44. The van der Waals surface area contributed by atoms with Crippen LogP contribution < -0.4 is 4.90 Å². The van der Waals surface area contributed by atoms with Crippen LogP contribution in [0.15, 0.2) is 60.8 Å². The Kier molecular flexibility index (Phi) is 5.69. The van der Waals surface area contributed by atoms with E-state index in [-0.39, 0.29) is 5.92 Å². The number of para-hydroxylation sites is 1. The standard InChI is InChI=1S/C24H29NO2/c1-16(2)18-10-5-6-12-20(18)21-13-9-15-25(23(21)24(26)27)22-14-8-7-11-19(22)17(3)4/h5-12,14-17,21,23H,13H2,1-4H3,(H,26,27). The third kappa shape index (κ3) is 3.78. The number of carbonyl (C=O) groups is 1. The monoisotopic (exact) mass is 363 g/mol. The fraction of sp³-hybridized carbons (Fsp3) is 0.375. The molecule has 1 heterocycles. The number of aliphatic carboxylic acids is 1. The van der Waals surface area contributed by atoms with Gasteiger partial charge in [0.05, 0.1) is 0 Å². The molecule has 0 bridgehead atoms. The summed E-state index contributed by atoms with van der Waals surface area (Å²) in [4.78, 5) is 14.4. The van der Waals surface area contributed by atoms with E-state index in [4.69, 9.17) is 0 Å². The van der Waals surface area contributed by atoms with Crippen molar-refractivity contribution in [2.45, 2.75) is 57.9 Å². The Morgan fingerprint density at radius 1 is 0.963 bits per heavy atom. The lowest BCUT2D eigenvalue weighted by atomic mass is 9.80. The maximum atomic E-state index is 12.4. The number of allylic oxidation sites excluding steroid dienone is 1. The van der Waals surface area contributed by atoms with Gasteiger partial charge in [-0.25, -0.2) is 4.79 Å². The molecular weight excluding hydrogens is 334 g/mol. The molecule has 3 nitrogen and oxygen atoms in total. The molecule has 0 aliphatic carbocycles. The van der Waals surface area contributed by atoms with E-state index in [2.05, 4.69) is 52.0 Å². The van der Waals surface area contributed by atoms with Crippen molar-refractivity contribution in [3.8, 4) is 0 Å². The molecular formula is C24H29NO2. The van der Waals surface area contributed by atoms with Crippen molar-refractivity contribution in [1.29, 1.82) is 0 Å². The molecule has 2 atom stereocenters. The number of carboxylic acids is 1. The summed E-state index contributed by atoms with van der Waals surface area (Å²) < 4.78 is 0. The maximum absolute atomic E-state index is 12.4. The smallest absolute Gasteiger partial charge is 0.327 e. The van der Waals surface area contributed by atoms with E-state index in [9.17, 15) is 9.90 Å². The summed E-state index contributed by atoms with van der Waals surface area (Å²) in [5.41, 5.74) is 4.55. The van der Waals surface area contributed by atoms with Crippen LogP contribution in [0, 0.1) is 0 Å². The zero-order valence-corrected chi connectivity index (χ0v) is 16.6. The van der Waals surface area contributed by atoms with E-state index in [0.29, 0.717) is 11.8 Å². The van der Waals surface area contributed by atoms with Gasteiger partial charge in [0.15, 0.2) is 0 Å². The predicted octanol–water partition coefficient (Wildman–Crippen LogP) is 5.89. The summed E-state index contributed by atoms with van der Waals surface area (Å²) in [5, 5.41) is 10.2. The summed E-state index contributed by atoms with van der Waals surface area (Å²) in [7, 11) is 0. The molecule has 0 saturated carbocycles. The topological polar surface area (TPSA) is 40.5 Å². The highest BCUT2D eigenvalue weighted by molar-refractivity contribution is 5.82. The molecule has 1 aliphatic rings. The molecule has 0 fully saturated rings. The van der Waals surface area contributed by atoms with Crippen molar-refractivity contribution < 1.29 is 9.90 Å². The zero-order chi connectivity index (χ0) is 19.6. The second kappa shape index (κ2) is 7.99. The van der Waals surface area contributed by atoms with Crippen molar-refractivity contribution in [2.24, 2.45) is 0 Å². The van der Waals surface area contributed by atoms with Gasteiger partial charge >= 0.3 is 5.97 Å². The highest BCUT2D eigenvalue weighted by atomic mass is 16.4. The second-order valence-electron chi connectivity index (χ2n) is 7.91. The molecule has 27 heavy (non-hydrogen) atoms. The van der Waals surface area contributed by atoms with Crippen LogP contribution in [-0.2, 0) is 4.79 Å². The summed E-state index contributed by atoms with van der Waals surface area (Å²) >= 11 is 0. The van der Waals surface area contributed by atoms with Crippen molar-refractivity contribution in [2.75, 3.05) is 4.90 Å². The van der Waals surface area contributed by atoms with Crippen molar-refractivity contribution in [3.63, 3.8) is 0 Å². The van der Waals surface area contributed by atoms with Gasteiger partial charge in [-0.05, 0) is 41.0 Å². The number of carboxylic acid groups (broad SMARTS) is 1. The largest absolute Gasteiger partial charge is 0.480 e. The zero-order valence-electron chi connectivity index (χ0n) is 16.6. The molecule has 0 saturated heterocycles. The molecule has 0 amide bonds. The van der Waals surface area contributed by atoms with Gasteiger partial charge in [-0.3, -0.25) is 0 Å². The normalized spacial score (nSPS) is 19.7. The van der Waals surface area contributed by atoms with E-state index < -0.39 is 12.0 Å². The van der Waals surface area contributed by atoms with Gasteiger partial charge in [0, 0.05) is 17.8 Å². The number of anilines is 1. The highest BCUT2D eigenvalue weighted by Crippen LogP contribution is 2.39. The van der Waals surface area contributed by atoms with Crippen molar-refractivity contribution >= 4 is 11.7 Å². The predicted molar refractivity (Wildman–Crippen MR) is 111 cm³/mol. The molecule has 142 valence electrons. The molecule has 1 N–H and O–H groups in total. The maximum Gasteiger partial charge on any atom is 0.327 e. The SMILES string of the molecule is CC(C)c1ccccc1C1CC=CN(c2ccccc2C(C)C)C1C(=O)O. The molecule has 0 spiro atoms. The minimum atomic E-state index is -0.776. The molecule has 2 unspecified atom stereocenters. The first-order chi connectivity index (χ1) is 12.9. The lowest BCUT2D eigenvalue weighted by Gasteiger charge is -2.39. The fourth-order valence-corrected chi connectivity index (χ4v) is 4.14. The highest BCUT2D eigenvalue weighted by Gasteiger charge is 2.37. The van der Waals surface area contributed by atoms with Crippen molar-refractivity contribution in [3.05, 3.63) is 77.5 Å². The van der Waals surface area contributed by atoms with Gasteiger partial charge in [-0.2, -0.15) is 0 Å². The van der Waals surface area contributed by atoms with Gasteiger partial charge in [0.2, 0.25) is 0 Å². The number of hydrogen-bond donors (Lipinski definition) is 1. The summed E-state index contributed by atoms with van der Waals surface area (Å²) in [6, 6.07) is 15.8. The quantitative estimate of drug-likeness (QED) is 0.719. The molecule has 3 rings (SSSR count). The van der Waals surface area contributed by atoms with E-state index in [1.807, 2.05) is 41.4 Å². The lowest BCUT2D eigenvalue weighted by molar-refractivity contribution is -0.139. The first kappa shape index (κ1) is 19.2. The Hall–Kier alpha value is -2.55. The van der Waals surface area contributed by atoms with Gasteiger partial charge in [0.25, 0.3) is 0 Å². The van der Waals surface area contributed by atoms with Gasteiger partial charge in [-0.15, -0.1) is 0 Å². The van der Waals surface area contributed by atoms with Crippen LogP contribution >= 0.6 is 0 Å². The Bertz CT molecular complexity index is 838. The summed E-state index contributed by atoms with van der Waals surface area (Å²) in [6.07, 6.45) is 4.80. The van der Waals surface area contributed by atoms with E-state index in [1.165, 1.54) is 11.1 Å². The van der Waals surface area contributed by atoms with Crippen LogP contribution in [0.1, 0.15) is 68.6 Å². The minimum Gasteiger partial charge on any atom is -0.480 e. The number of rotatable bonds is 5. The first-order valence-electron chi connectivity index (χ1n) is 9.77. The fourth-order valence-electron chi connectivity index (χ4n) is 4.14. The Morgan fingerprint density at radius 3 is 2.19 bits per heavy atom. The Balaban J connectivity index is 2.11. The van der Waals surface area contributed by atoms with Crippen LogP contribution in [0.4, 0.5) is 5.69 Å². The summed E-state index contributed by atoms with van der Waals surface area (Å²) in [5.74, 6) is -0.168. The van der Waals surface area contributed by atoms with E-state index in [0.717, 1.165) is 17.7 Å². The van der Waals surface area contributed by atoms with Crippen LogP contribution in [0.2, 0.25) is 0 Å². The van der Waals surface area contributed by atoms with Gasteiger partial charge in [-0.1, -0.05) is 76.2 Å². The van der Waals surface area contributed by atoms with Gasteiger partial charge in [0.1, 0.15) is 6.04 Å². The molecule has 3 heteroatoms. The number of hydrogen-bond acceptors (Lipinski definition) is 2. The third-order valence-electron chi connectivity index (χ3n) is 5.44. The van der Waals surface area contributed by atoms with Crippen molar-refractivity contribution in [1.82, 2.24) is 0 Å². The Labute approximate surface area is 162 Å².